The number of hydrogen-bond donors (Lipinski definition) is 3. The summed E-state index contributed by atoms with van der Waals surface area (Å²) in [5, 5.41) is 3.02. The van der Waals surface area contributed by atoms with Crippen LogP contribution in [0.5, 0.6) is 0 Å². The van der Waals surface area contributed by atoms with Crippen molar-refractivity contribution < 1.29 is 14.3 Å². The van der Waals surface area contributed by atoms with Gasteiger partial charge in [-0.05, 0) is 26.8 Å². The van der Waals surface area contributed by atoms with Gasteiger partial charge in [-0.15, -0.1) is 0 Å². The first-order chi connectivity index (χ1) is 9.25. The summed E-state index contributed by atoms with van der Waals surface area (Å²) in [6, 6.07) is 1.48. The van der Waals surface area contributed by atoms with E-state index in [0.29, 0.717) is 11.5 Å². The zero-order valence-corrected chi connectivity index (χ0v) is 11.9. The third-order valence-electron chi connectivity index (χ3n) is 2.48. The molecule has 20 heavy (non-hydrogen) atoms. The van der Waals surface area contributed by atoms with E-state index in [9.17, 15) is 9.59 Å². The van der Waals surface area contributed by atoms with Crippen molar-refractivity contribution in [1.29, 1.82) is 0 Å². The molecule has 0 aliphatic heterocycles. The lowest BCUT2D eigenvalue weighted by atomic mass is 10.00. The number of nitrogens with zero attached hydrogens (tertiary/aromatic N) is 1. The van der Waals surface area contributed by atoms with E-state index >= 15 is 0 Å². The first kappa shape index (κ1) is 15.7. The molecule has 1 heterocycles. The van der Waals surface area contributed by atoms with Crippen molar-refractivity contribution in [1.82, 2.24) is 4.98 Å². The molecule has 0 radical (unpaired) electrons. The van der Waals surface area contributed by atoms with Crippen molar-refractivity contribution in [2.24, 2.45) is 5.73 Å². The molecule has 0 saturated heterocycles. The number of aromatic nitrogens is 1. The molecule has 0 atom stereocenters. The van der Waals surface area contributed by atoms with Crippen LogP contribution >= 0.6 is 0 Å². The van der Waals surface area contributed by atoms with E-state index in [1.54, 1.807) is 20.8 Å². The number of carbonyl (C=O) groups is 2. The molecule has 1 aromatic heterocycles. The Hall–Kier alpha value is -2.31. The molecular weight excluding hydrogens is 260 g/mol. The van der Waals surface area contributed by atoms with E-state index < -0.39 is 17.4 Å². The number of hydrogen-bond acceptors (Lipinski definition) is 6. The number of esters is 1. The lowest BCUT2D eigenvalue weighted by molar-refractivity contribution is -0.118. The second kappa shape index (κ2) is 6.23. The Morgan fingerprint density at radius 3 is 2.65 bits per heavy atom. The van der Waals surface area contributed by atoms with E-state index in [0.717, 1.165) is 0 Å². The van der Waals surface area contributed by atoms with Crippen LogP contribution in [-0.2, 0) is 9.53 Å². The molecule has 1 amide bonds. The molecule has 1 rings (SSSR count). The molecule has 0 saturated carbocycles. The van der Waals surface area contributed by atoms with Crippen LogP contribution in [0.2, 0.25) is 0 Å². The van der Waals surface area contributed by atoms with Crippen LogP contribution in [0.4, 0.5) is 11.5 Å². The van der Waals surface area contributed by atoms with Gasteiger partial charge in [0.05, 0.1) is 18.5 Å². The maximum Gasteiger partial charge on any atom is 0.341 e. The minimum absolute atomic E-state index is 0.0985. The highest BCUT2D eigenvalue weighted by atomic mass is 16.5. The SMILES string of the molecule is CCOC(=O)c1cc(N)cnc1NC(C)(C)CC(N)=O. The van der Waals surface area contributed by atoms with Gasteiger partial charge in [0.25, 0.3) is 0 Å². The Morgan fingerprint density at radius 1 is 1.45 bits per heavy atom. The molecule has 7 nitrogen and oxygen atoms in total. The van der Waals surface area contributed by atoms with Crippen LogP contribution in [0.1, 0.15) is 37.6 Å². The second-order valence-corrected chi connectivity index (χ2v) is 5.04. The molecular formula is C13H20N4O3. The number of amides is 1. The van der Waals surface area contributed by atoms with Crippen molar-refractivity contribution in [2.75, 3.05) is 17.7 Å². The van der Waals surface area contributed by atoms with Crippen molar-refractivity contribution in [3.05, 3.63) is 17.8 Å². The van der Waals surface area contributed by atoms with Gasteiger partial charge in [-0.25, -0.2) is 9.78 Å². The van der Waals surface area contributed by atoms with Crippen LogP contribution in [0.3, 0.4) is 0 Å². The summed E-state index contributed by atoms with van der Waals surface area (Å²) in [5.74, 6) is -0.663. The molecule has 0 spiro atoms. The van der Waals surface area contributed by atoms with Gasteiger partial charge in [-0.1, -0.05) is 0 Å². The molecule has 1 aromatic rings. The average Bonchev–Trinajstić information content (AvgIpc) is 2.29. The fraction of sp³-hybridized carbons (Fsp3) is 0.462. The van der Waals surface area contributed by atoms with Crippen LogP contribution < -0.4 is 16.8 Å². The molecule has 0 aliphatic rings. The number of rotatable bonds is 6. The van der Waals surface area contributed by atoms with Crippen molar-refractivity contribution in [3.63, 3.8) is 0 Å². The van der Waals surface area contributed by atoms with Gasteiger partial charge >= 0.3 is 5.97 Å². The van der Waals surface area contributed by atoms with E-state index in [2.05, 4.69) is 10.3 Å². The fourth-order valence-electron chi connectivity index (χ4n) is 1.75. The summed E-state index contributed by atoms with van der Waals surface area (Å²) in [4.78, 5) is 27.0. The Bertz CT molecular complexity index is 514. The van der Waals surface area contributed by atoms with E-state index in [1.165, 1.54) is 12.3 Å². The largest absolute Gasteiger partial charge is 0.462 e. The summed E-state index contributed by atoms with van der Waals surface area (Å²) < 4.78 is 4.95. The number of primary amides is 1. The second-order valence-electron chi connectivity index (χ2n) is 5.04. The highest BCUT2D eigenvalue weighted by Gasteiger charge is 2.24. The third-order valence-corrected chi connectivity index (χ3v) is 2.48. The van der Waals surface area contributed by atoms with Crippen LogP contribution in [0.15, 0.2) is 12.3 Å². The average molecular weight is 280 g/mol. The summed E-state index contributed by atoms with van der Waals surface area (Å²) in [6.45, 7) is 5.52. The topological polar surface area (TPSA) is 120 Å². The highest BCUT2D eigenvalue weighted by Crippen LogP contribution is 2.22. The number of nitrogen functional groups attached to an aromatic ring is 1. The zero-order valence-electron chi connectivity index (χ0n) is 11.9. The minimum atomic E-state index is -0.643. The van der Waals surface area contributed by atoms with E-state index in [-0.39, 0.29) is 18.6 Å². The predicted molar refractivity (Wildman–Crippen MR) is 76.1 cm³/mol. The number of nitrogens with one attached hydrogen (secondary N) is 1. The maximum absolute atomic E-state index is 11.9. The van der Waals surface area contributed by atoms with Gasteiger partial charge in [0, 0.05) is 12.0 Å². The van der Waals surface area contributed by atoms with E-state index in [4.69, 9.17) is 16.2 Å². The number of carbonyl (C=O) groups excluding carboxylic acids is 2. The lowest BCUT2D eigenvalue weighted by Crippen LogP contribution is -2.37. The van der Waals surface area contributed by atoms with Gasteiger partial charge in [0.1, 0.15) is 11.4 Å². The summed E-state index contributed by atoms with van der Waals surface area (Å²) in [6.07, 6.45) is 1.52. The lowest BCUT2D eigenvalue weighted by Gasteiger charge is -2.26. The monoisotopic (exact) mass is 280 g/mol. The number of pyridine rings is 1. The van der Waals surface area contributed by atoms with Crippen molar-refractivity contribution in [2.45, 2.75) is 32.7 Å². The van der Waals surface area contributed by atoms with Gasteiger partial charge in [0.15, 0.2) is 0 Å². The smallest absolute Gasteiger partial charge is 0.341 e. The number of ether oxygens (including phenoxy) is 1. The molecule has 0 unspecified atom stereocenters. The standard InChI is InChI=1S/C13H20N4O3/c1-4-20-12(19)9-5-8(14)7-16-11(9)17-13(2,3)6-10(15)18/h5,7H,4,6,14H2,1-3H3,(H2,15,18)(H,16,17). The molecule has 0 bridgehead atoms. The first-order valence-corrected chi connectivity index (χ1v) is 6.24. The molecule has 110 valence electrons. The van der Waals surface area contributed by atoms with Gasteiger partial charge < -0.3 is 21.5 Å². The Kier molecular flexibility index (Phi) is 4.90. The van der Waals surface area contributed by atoms with Crippen LogP contribution in [0.25, 0.3) is 0 Å². The highest BCUT2D eigenvalue weighted by molar-refractivity contribution is 5.95. The normalized spacial score (nSPS) is 10.9. The van der Waals surface area contributed by atoms with Crippen molar-refractivity contribution >= 4 is 23.4 Å². The predicted octanol–water partition coefficient (Wildman–Crippen LogP) is 0.906. The molecule has 5 N–H and O–H groups in total. The first-order valence-electron chi connectivity index (χ1n) is 6.24. The maximum atomic E-state index is 11.9. The summed E-state index contributed by atoms with van der Waals surface area (Å²) in [5.41, 5.74) is 10.8. The Balaban J connectivity index is 3.05. The van der Waals surface area contributed by atoms with Crippen molar-refractivity contribution in [3.8, 4) is 0 Å². The zero-order chi connectivity index (χ0) is 15.3. The Morgan fingerprint density at radius 2 is 2.10 bits per heavy atom. The van der Waals surface area contributed by atoms with Gasteiger partial charge in [-0.2, -0.15) is 0 Å². The van der Waals surface area contributed by atoms with E-state index in [1.807, 2.05) is 0 Å². The van der Waals surface area contributed by atoms with Gasteiger partial charge in [0.2, 0.25) is 5.91 Å². The molecule has 0 aromatic carbocycles. The third kappa shape index (κ3) is 4.42. The molecule has 7 heteroatoms. The Labute approximate surface area is 117 Å². The minimum Gasteiger partial charge on any atom is -0.462 e. The van der Waals surface area contributed by atoms with Crippen LogP contribution in [0, 0.1) is 0 Å². The number of anilines is 2. The summed E-state index contributed by atoms with van der Waals surface area (Å²) >= 11 is 0. The quantitative estimate of drug-likeness (QED) is 0.666. The van der Waals surface area contributed by atoms with Gasteiger partial charge in [-0.3, -0.25) is 4.79 Å². The summed E-state index contributed by atoms with van der Waals surface area (Å²) in [7, 11) is 0. The number of nitrogens with two attached hydrogens (primary N) is 2. The molecule has 0 fully saturated rings. The molecule has 0 aliphatic carbocycles. The van der Waals surface area contributed by atoms with Crippen LogP contribution in [-0.4, -0.2) is 29.0 Å². The fourth-order valence-corrected chi connectivity index (χ4v) is 1.75.